The summed E-state index contributed by atoms with van der Waals surface area (Å²) < 4.78 is 5.39. The number of hydrogen-bond acceptors (Lipinski definition) is 5. The molecule has 2 rings (SSSR count). The Bertz CT molecular complexity index is 548. The summed E-state index contributed by atoms with van der Waals surface area (Å²) in [5.41, 5.74) is -1.45. The van der Waals surface area contributed by atoms with Crippen molar-refractivity contribution < 1.29 is 4.74 Å². The van der Waals surface area contributed by atoms with Crippen molar-refractivity contribution in [1.29, 1.82) is 5.26 Å². The predicted molar refractivity (Wildman–Crippen MR) is 59.9 cm³/mol. The smallest absolute Gasteiger partial charge is 0.327 e. The maximum atomic E-state index is 11.3. The highest BCUT2D eigenvalue weighted by atomic mass is 16.5. The van der Waals surface area contributed by atoms with Crippen LogP contribution in [0.5, 0.6) is 0 Å². The van der Waals surface area contributed by atoms with Crippen molar-refractivity contribution in [3.8, 4) is 6.07 Å². The van der Waals surface area contributed by atoms with Gasteiger partial charge < -0.3 is 10.1 Å². The molecule has 0 spiro atoms. The van der Waals surface area contributed by atoms with Gasteiger partial charge in [0.15, 0.2) is 5.56 Å². The highest BCUT2D eigenvalue weighted by Crippen LogP contribution is 2.12. The summed E-state index contributed by atoms with van der Waals surface area (Å²) in [4.78, 5) is 26.8. The number of aromatic nitrogens is 2. The molecule has 7 nitrogen and oxygen atoms in total. The van der Waals surface area contributed by atoms with Crippen LogP contribution in [-0.2, 0) is 4.74 Å². The first-order valence-corrected chi connectivity index (χ1v) is 5.33. The highest BCUT2D eigenvalue weighted by Gasteiger charge is 2.16. The summed E-state index contributed by atoms with van der Waals surface area (Å²) in [6.07, 6.45) is 2.00. The number of H-pyrrole nitrogens is 2. The van der Waals surface area contributed by atoms with Crippen molar-refractivity contribution in [1.82, 2.24) is 9.97 Å². The maximum absolute atomic E-state index is 11.3. The maximum Gasteiger partial charge on any atom is 0.327 e. The van der Waals surface area contributed by atoms with Gasteiger partial charge in [0.2, 0.25) is 0 Å². The van der Waals surface area contributed by atoms with E-state index < -0.39 is 11.2 Å². The molecule has 0 aliphatic carbocycles. The molecule has 1 aliphatic heterocycles. The van der Waals surface area contributed by atoms with E-state index in [0.717, 1.165) is 19.4 Å². The van der Waals surface area contributed by atoms with Gasteiger partial charge in [0.1, 0.15) is 11.9 Å². The quantitative estimate of drug-likeness (QED) is 0.656. The summed E-state index contributed by atoms with van der Waals surface area (Å²) in [6.45, 7) is 1.19. The molecule has 2 heterocycles. The van der Waals surface area contributed by atoms with E-state index in [1.165, 1.54) is 0 Å². The van der Waals surface area contributed by atoms with E-state index >= 15 is 0 Å². The van der Waals surface area contributed by atoms with E-state index in [4.69, 9.17) is 10.00 Å². The van der Waals surface area contributed by atoms with E-state index in [0.29, 0.717) is 6.54 Å². The fourth-order valence-corrected chi connectivity index (χ4v) is 1.75. The number of nitrogens with zero attached hydrogens (tertiary/aromatic N) is 1. The molecule has 7 heteroatoms. The van der Waals surface area contributed by atoms with Gasteiger partial charge >= 0.3 is 5.69 Å². The van der Waals surface area contributed by atoms with Gasteiger partial charge in [-0.3, -0.25) is 14.8 Å². The summed E-state index contributed by atoms with van der Waals surface area (Å²) in [6, 6.07) is 1.75. The van der Waals surface area contributed by atoms with Gasteiger partial charge in [-0.2, -0.15) is 5.26 Å². The van der Waals surface area contributed by atoms with Crippen LogP contribution in [0.25, 0.3) is 0 Å². The fraction of sp³-hybridized carbons (Fsp3) is 0.500. The number of nitrogens with one attached hydrogen (secondary N) is 3. The molecule has 1 aliphatic rings. The van der Waals surface area contributed by atoms with Crippen LogP contribution in [0.1, 0.15) is 18.4 Å². The number of hydrogen-bond donors (Lipinski definition) is 3. The van der Waals surface area contributed by atoms with E-state index in [9.17, 15) is 9.59 Å². The molecule has 0 radical (unpaired) electrons. The lowest BCUT2D eigenvalue weighted by Crippen LogP contribution is -2.28. The molecule has 1 aromatic heterocycles. The zero-order valence-electron chi connectivity index (χ0n) is 9.08. The number of anilines is 1. The summed E-state index contributed by atoms with van der Waals surface area (Å²) >= 11 is 0. The van der Waals surface area contributed by atoms with Crippen LogP contribution >= 0.6 is 0 Å². The third-order valence-corrected chi connectivity index (χ3v) is 2.58. The minimum Gasteiger partial charge on any atom is -0.376 e. The van der Waals surface area contributed by atoms with E-state index in [2.05, 4.69) is 10.3 Å². The monoisotopic (exact) mass is 236 g/mol. The van der Waals surface area contributed by atoms with Crippen molar-refractivity contribution in [2.24, 2.45) is 0 Å². The van der Waals surface area contributed by atoms with Crippen LogP contribution < -0.4 is 16.6 Å². The Hall–Kier alpha value is -2.07. The van der Waals surface area contributed by atoms with Gasteiger partial charge in [-0.15, -0.1) is 0 Å². The van der Waals surface area contributed by atoms with Crippen LogP contribution in [0.15, 0.2) is 9.59 Å². The molecule has 3 N–H and O–H groups in total. The molecule has 1 atom stereocenters. The summed E-state index contributed by atoms with van der Waals surface area (Å²) in [5, 5.41) is 11.7. The van der Waals surface area contributed by atoms with Crippen LogP contribution in [-0.4, -0.2) is 29.2 Å². The molecular formula is C10H12N4O3. The van der Waals surface area contributed by atoms with Gasteiger partial charge in [-0.25, -0.2) is 4.79 Å². The lowest BCUT2D eigenvalue weighted by atomic mass is 10.2. The normalized spacial score (nSPS) is 18.9. The van der Waals surface area contributed by atoms with Crippen LogP contribution in [0.4, 0.5) is 5.82 Å². The van der Waals surface area contributed by atoms with Crippen molar-refractivity contribution >= 4 is 5.82 Å². The number of rotatable bonds is 3. The SMILES string of the molecule is N#Cc1c(NC[C@@H]2CCCO2)[nH]c(=O)[nH]c1=O. The predicted octanol–water partition coefficient (Wildman–Crippen LogP) is -0.474. The Labute approximate surface area is 96.4 Å². The minimum atomic E-state index is -0.689. The minimum absolute atomic E-state index is 0.0596. The Morgan fingerprint density at radius 1 is 1.47 bits per heavy atom. The Morgan fingerprint density at radius 3 is 2.94 bits per heavy atom. The molecule has 17 heavy (non-hydrogen) atoms. The molecular weight excluding hydrogens is 224 g/mol. The van der Waals surface area contributed by atoms with Gasteiger partial charge in [0, 0.05) is 13.2 Å². The van der Waals surface area contributed by atoms with Gasteiger partial charge in [-0.05, 0) is 12.8 Å². The van der Waals surface area contributed by atoms with E-state index in [1.807, 2.05) is 4.98 Å². The molecule has 0 amide bonds. The van der Waals surface area contributed by atoms with E-state index in [1.54, 1.807) is 6.07 Å². The second kappa shape index (κ2) is 4.84. The van der Waals surface area contributed by atoms with Gasteiger partial charge in [-0.1, -0.05) is 0 Å². The number of nitriles is 1. The summed E-state index contributed by atoms with van der Waals surface area (Å²) in [7, 11) is 0. The third-order valence-electron chi connectivity index (χ3n) is 2.58. The molecule has 0 bridgehead atoms. The average molecular weight is 236 g/mol. The molecule has 0 unspecified atom stereocenters. The first-order chi connectivity index (χ1) is 8.20. The average Bonchev–Trinajstić information content (AvgIpc) is 2.78. The second-order valence-corrected chi connectivity index (χ2v) is 3.79. The molecule has 90 valence electrons. The zero-order valence-corrected chi connectivity index (χ0v) is 9.08. The fourth-order valence-electron chi connectivity index (χ4n) is 1.75. The molecule has 0 saturated carbocycles. The van der Waals surface area contributed by atoms with Gasteiger partial charge in [0.25, 0.3) is 5.56 Å². The largest absolute Gasteiger partial charge is 0.376 e. The van der Waals surface area contributed by atoms with Crippen LogP contribution in [0.2, 0.25) is 0 Å². The lowest BCUT2D eigenvalue weighted by molar-refractivity contribution is 0.120. The standard InChI is InChI=1S/C10H12N4O3/c11-4-7-8(13-10(16)14-9(7)15)12-5-6-2-1-3-17-6/h6H,1-3,5H2,(H3,12,13,14,15,16)/t6-/m0/s1. The molecule has 1 aromatic rings. The Kier molecular flexibility index (Phi) is 3.25. The first kappa shape index (κ1) is 11.4. The molecule has 0 aromatic carbocycles. The lowest BCUT2D eigenvalue weighted by Gasteiger charge is -2.11. The van der Waals surface area contributed by atoms with Crippen LogP contribution in [0, 0.1) is 11.3 Å². The molecule has 1 fully saturated rings. The van der Waals surface area contributed by atoms with E-state index in [-0.39, 0.29) is 17.5 Å². The summed E-state index contributed by atoms with van der Waals surface area (Å²) in [5.74, 6) is 0.150. The topological polar surface area (TPSA) is 111 Å². The van der Waals surface area contributed by atoms with Crippen LogP contribution in [0.3, 0.4) is 0 Å². The van der Waals surface area contributed by atoms with Gasteiger partial charge in [0.05, 0.1) is 6.10 Å². The van der Waals surface area contributed by atoms with Crippen molar-refractivity contribution in [3.05, 3.63) is 26.4 Å². The third kappa shape index (κ3) is 2.54. The van der Waals surface area contributed by atoms with Crippen molar-refractivity contribution in [2.75, 3.05) is 18.5 Å². The Morgan fingerprint density at radius 2 is 2.29 bits per heavy atom. The Balaban J connectivity index is 2.17. The highest BCUT2D eigenvalue weighted by molar-refractivity contribution is 5.49. The number of ether oxygens (including phenoxy) is 1. The zero-order chi connectivity index (χ0) is 12.3. The van der Waals surface area contributed by atoms with Crippen molar-refractivity contribution in [2.45, 2.75) is 18.9 Å². The molecule has 1 saturated heterocycles. The second-order valence-electron chi connectivity index (χ2n) is 3.79. The first-order valence-electron chi connectivity index (χ1n) is 5.33. The number of aromatic amines is 2. The van der Waals surface area contributed by atoms with Crippen molar-refractivity contribution in [3.63, 3.8) is 0 Å².